The van der Waals surface area contributed by atoms with Crippen molar-refractivity contribution in [2.45, 2.75) is 19.9 Å². The van der Waals surface area contributed by atoms with E-state index in [0.717, 1.165) is 25.1 Å². The molecule has 1 aromatic carbocycles. The van der Waals surface area contributed by atoms with Gasteiger partial charge in [-0.15, -0.1) is 0 Å². The third-order valence-corrected chi connectivity index (χ3v) is 2.48. The van der Waals surface area contributed by atoms with Gasteiger partial charge < -0.3 is 11.1 Å². The van der Waals surface area contributed by atoms with Gasteiger partial charge in [0.1, 0.15) is 11.6 Å². The molecule has 0 saturated heterocycles. The van der Waals surface area contributed by atoms with Crippen LogP contribution in [0.3, 0.4) is 0 Å². The first-order chi connectivity index (χ1) is 7.63. The van der Waals surface area contributed by atoms with Crippen molar-refractivity contribution >= 4 is 0 Å². The van der Waals surface area contributed by atoms with Gasteiger partial charge in [-0.2, -0.15) is 0 Å². The molecule has 1 unspecified atom stereocenters. The van der Waals surface area contributed by atoms with Crippen molar-refractivity contribution in [2.75, 3.05) is 13.1 Å². The summed E-state index contributed by atoms with van der Waals surface area (Å²) in [5, 5.41) is 3.09. The summed E-state index contributed by atoms with van der Waals surface area (Å²) in [5.41, 5.74) is 5.78. The van der Waals surface area contributed by atoms with Crippen LogP contribution < -0.4 is 11.1 Å². The molecule has 0 aliphatic heterocycles. The maximum atomic E-state index is 13.2. The number of nitrogens with two attached hydrogens (primary N) is 1. The van der Waals surface area contributed by atoms with E-state index in [0.29, 0.717) is 24.6 Å². The first kappa shape index (κ1) is 13.1. The lowest BCUT2D eigenvalue weighted by molar-refractivity contribution is 0.479. The van der Waals surface area contributed by atoms with E-state index >= 15 is 0 Å². The molecule has 0 heterocycles. The third kappa shape index (κ3) is 4.24. The summed E-state index contributed by atoms with van der Waals surface area (Å²) in [5.74, 6) is -0.338. The van der Waals surface area contributed by atoms with Crippen molar-refractivity contribution in [3.05, 3.63) is 35.4 Å². The molecule has 2 nitrogen and oxygen atoms in total. The second-order valence-electron chi connectivity index (χ2n) is 4.05. The molecule has 1 rings (SSSR count). The zero-order chi connectivity index (χ0) is 12.0. The molecule has 3 N–H and O–H groups in total. The van der Waals surface area contributed by atoms with E-state index in [9.17, 15) is 8.78 Å². The molecule has 1 atom stereocenters. The van der Waals surface area contributed by atoms with Gasteiger partial charge in [-0.1, -0.05) is 6.92 Å². The normalized spacial score (nSPS) is 12.8. The number of halogens is 2. The summed E-state index contributed by atoms with van der Waals surface area (Å²) in [6.45, 7) is 3.82. The molecule has 0 spiro atoms. The van der Waals surface area contributed by atoms with Crippen molar-refractivity contribution in [1.82, 2.24) is 5.32 Å². The molecule has 0 amide bonds. The van der Waals surface area contributed by atoms with E-state index in [1.54, 1.807) is 0 Å². The van der Waals surface area contributed by atoms with Crippen molar-refractivity contribution in [1.29, 1.82) is 0 Å². The SMILES string of the molecule is CC(CCN)CNCc1cc(F)ccc1F. The minimum atomic E-state index is -0.409. The molecule has 90 valence electrons. The van der Waals surface area contributed by atoms with Gasteiger partial charge in [0.05, 0.1) is 0 Å². The summed E-state index contributed by atoms with van der Waals surface area (Å²) < 4.78 is 26.1. The average Bonchev–Trinajstić information content (AvgIpc) is 2.23. The van der Waals surface area contributed by atoms with Crippen LogP contribution in [-0.4, -0.2) is 13.1 Å². The molecule has 16 heavy (non-hydrogen) atoms. The Morgan fingerprint density at radius 2 is 2.12 bits per heavy atom. The van der Waals surface area contributed by atoms with Crippen LogP contribution in [0.5, 0.6) is 0 Å². The highest BCUT2D eigenvalue weighted by atomic mass is 19.1. The topological polar surface area (TPSA) is 38.0 Å². The molecule has 0 bridgehead atoms. The standard InChI is InChI=1S/C12H18F2N2/c1-9(4-5-15)7-16-8-10-6-11(13)2-3-12(10)14/h2-3,6,9,16H,4-5,7-8,15H2,1H3. The highest BCUT2D eigenvalue weighted by Crippen LogP contribution is 2.09. The number of nitrogens with one attached hydrogen (secondary N) is 1. The Bertz CT molecular complexity index is 329. The molecular formula is C12H18F2N2. The van der Waals surface area contributed by atoms with E-state index in [1.807, 2.05) is 0 Å². The fourth-order valence-electron chi connectivity index (χ4n) is 1.52. The zero-order valence-corrected chi connectivity index (χ0v) is 9.47. The second-order valence-corrected chi connectivity index (χ2v) is 4.05. The molecule has 0 aliphatic rings. The maximum absolute atomic E-state index is 13.2. The number of rotatable bonds is 6. The highest BCUT2D eigenvalue weighted by molar-refractivity contribution is 5.18. The lowest BCUT2D eigenvalue weighted by Gasteiger charge is -2.11. The Labute approximate surface area is 94.8 Å². The molecule has 0 fully saturated rings. The monoisotopic (exact) mass is 228 g/mol. The van der Waals surface area contributed by atoms with E-state index in [1.165, 1.54) is 6.07 Å². The predicted octanol–water partition coefficient (Wildman–Crippen LogP) is 2.04. The molecule has 0 aromatic heterocycles. The minimum Gasteiger partial charge on any atom is -0.330 e. The minimum absolute atomic E-state index is 0.346. The van der Waals surface area contributed by atoms with Gasteiger partial charge >= 0.3 is 0 Å². The fraction of sp³-hybridized carbons (Fsp3) is 0.500. The Morgan fingerprint density at radius 3 is 2.81 bits per heavy atom. The maximum Gasteiger partial charge on any atom is 0.127 e. The fourth-order valence-corrected chi connectivity index (χ4v) is 1.52. The molecule has 0 aliphatic carbocycles. The zero-order valence-electron chi connectivity index (χ0n) is 9.47. The second kappa shape index (κ2) is 6.55. The quantitative estimate of drug-likeness (QED) is 0.782. The summed E-state index contributed by atoms with van der Waals surface area (Å²) in [6.07, 6.45) is 0.929. The Morgan fingerprint density at radius 1 is 1.38 bits per heavy atom. The third-order valence-electron chi connectivity index (χ3n) is 2.48. The molecule has 1 aromatic rings. The van der Waals surface area contributed by atoms with Crippen molar-refractivity contribution in [3.8, 4) is 0 Å². The van der Waals surface area contributed by atoms with Crippen LogP contribution >= 0.6 is 0 Å². The summed E-state index contributed by atoms with van der Waals surface area (Å²) >= 11 is 0. The van der Waals surface area contributed by atoms with Crippen molar-refractivity contribution in [3.63, 3.8) is 0 Å². The van der Waals surface area contributed by atoms with Crippen LogP contribution in [0.4, 0.5) is 8.78 Å². The summed E-state index contributed by atoms with van der Waals surface area (Å²) in [6, 6.07) is 3.49. The van der Waals surface area contributed by atoms with Crippen LogP contribution in [-0.2, 0) is 6.54 Å². The van der Waals surface area contributed by atoms with Crippen LogP contribution in [0.2, 0.25) is 0 Å². The number of hydrogen-bond donors (Lipinski definition) is 2. The molecule has 0 radical (unpaired) electrons. The average molecular weight is 228 g/mol. The van der Waals surface area contributed by atoms with Gasteiger partial charge in [0.15, 0.2) is 0 Å². The van der Waals surface area contributed by atoms with E-state index in [4.69, 9.17) is 5.73 Å². The van der Waals surface area contributed by atoms with E-state index in [-0.39, 0.29) is 5.82 Å². The molecule has 0 saturated carbocycles. The van der Waals surface area contributed by atoms with Gasteiger partial charge in [0.25, 0.3) is 0 Å². The van der Waals surface area contributed by atoms with Gasteiger partial charge in [-0.3, -0.25) is 0 Å². The number of benzene rings is 1. The summed E-state index contributed by atoms with van der Waals surface area (Å²) in [4.78, 5) is 0. The largest absolute Gasteiger partial charge is 0.330 e. The summed E-state index contributed by atoms with van der Waals surface area (Å²) in [7, 11) is 0. The number of hydrogen-bond acceptors (Lipinski definition) is 2. The van der Waals surface area contributed by atoms with Gasteiger partial charge in [0, 0.05) is 12.1 Å². The molecular weight excluding hydrogens is 210 g/mol. The van der Waals surface area contributed by atoms with E-state index in [2.05, 4.69) is 12.2 Å². The first-order valence-electron chi connectivity index (χ1n) is 5.48. The van der Waals surface area contributed by atoms with Gasteiger partial charge in [-0.25, -0.2) is 8.78 Å². The highest BCUT2D eigenvalue weighted by Gasteiger charge is 2.04. The van der Waals surface area contributed by atoms with E-state index < -0.39 is 5.82 Å². The Kier molecular flexibility index (Phi) is 5.35. The Balaban J connectivity index is 2.39. The lowest BCUT2D eigenvalue weighted by Crippen LogP contribution is -2.23. The van der Waals surface area contributed by atoms with Gasteiger partial charge in [0.2, 0.25) is 0 Å². The smallest absolute Gasteiger partial charge is 0.127 e. The predicted molar refractivity (Wildman–Crippen MR) is 60.9 cm³/mol. The lowest BCUT2D eigenvalue weighted by atomic mass is 10.1. The van der Waals surface area contributed by atoms with Crippen LogP contribution in [0.1, 0.15) is 18.9 Å². The van der Waals surface area contributed by atoms with Crippen LogP contribution in [0.15, 0.2) is 18.2 Å². The van der Waals surface area contributed by atoms with Crippen molar-refractivity contribution < 1.29 is 8.78 Å². The van der Waals surface area contributed by atoms with Crippen LogP contribution in [0, 0.1) is 17.6 Å². The Hall–Kier alpha value is -1.00. The van der Waals surface area contributed by atoms with Crippen molar-refractivity contribution in [2.24, 2.45) is 11.7 Å². The van der Waals surface area contributed by atoms with Gasteiger partial charge in [-0.05, 0) is 43.6 Å². The van der Waals surface area contributed by atoms with Crippen LogP contribution in [0.25, 0.3) is 0 Å². The first-order valence-corrected chi connectivity index (χ1v) is 5.48. The molecule has 4 heteroatoms.